The normalized spacial score (nSPS) is 10.2. The average molecular weight is 399 g/mol. The minimum absolute atomic E-state index is 0.253. The van der Waals surface area contributed by atoms with Gasteiger partial charge in [-0.2, -0.15) is 0 Å². The number of nitrogens with zero attached hydrogens (tertiary/aromatic N) is 2. The molecule has 0 saturated heterocycles. The molecule has 0 unspecified atom stereocenters. The Hall–Kier alpha value is -3.32. The molecule has 8 heteroatoms. The van der Waals surface area contributed by atoms with Crippen LogP contribution >= 0.6 is 11.6 Å². The molecular formula is C20H19ClN4O3. The summed E-state index contributed by atoms with van der Waals surface area (Å²) in [4.78, 5) is 20.7. The van der Waals surface area contributed by atoms with Gasteiger partial charge in [-0.05, 0) is 54.6 Å². The predicted octanol–water partition coefficient (Wildman–Crippen LogP) is 3.88. The van der Waals surface area contributed by atoms with E-state index in [-0.39, 0.29) is 11.6 Å². The van der Waals surface area contributed by atoms with Gasteiger partial charge in [-0.15, -0.1) is 0 Å². The fraction of sp³-hybridized carbons (Fsp3) is 0.150. The Bertz CT molecular complexity index is 917. The van der Waals surface area contributed by atoms with Crippen LogP contribution in [0.3, 0.4) is 0 Å². The Balaban J connectivity index is 1.49. The van der Waals surface area contributed by atoms with Gasteiger partial charge in [-0.1, -0.05) is 11.6 Å². The van der Waals surface area contributed by atoms with Crippen molar-refractivity contribution in [3.63, 3.8) is 0 Å². The molecule has 0 radical (unpaired) electrons. The van der Waals surface area contributed by atoms with E-state index in [1.54, 1.807) is 37.4 Å². The highest BCUT2D eigenvalue weighted by atomic mass is 35.5. The fourth-order valence-corrected chi connectivity index (χ4v) is 2.43. The highest BCUT2D eigenvalue weighted by molar-refractivity contribution is 6.30. The van der Waals surface area contributed by atoms with Crippen molar-refractivity contribution >= 4 is 29.1 Å². The Labute approximate surface area is 167 Å². The van der Waals surface area contributed by atoms with E-state index in [1.165, 1.54) is 6.20 Å². The first-order valence-corrected chi connectivity index (χ1v) is 8.92. The van der Waals surface area contributed by atoms with Gasteiger partial charge >= 0.3 is 0 Å². The standard InChI is InChI=1S/C20H19ClN4O3/c1-27-16-6-8-17(9-7-16)28-13-12-23-20-22-11-10-18(25-20)19(26)24-15-4-2-14(21)3-5-15/h2-11H,12-13H2,1H3,(H,24,26)(H,22,23,25). The molecule has 0 aliphatic carbocycles. The first kappa shape index (κ1) is 19.4. The SMILES string of the molecule is COc1ccc(OCCNc2nccc(C(=O)Nc3ccc(Cl)cc3)n2)cc1. The number of halogens is 1. The van der Waals surface area contributed by atoms with Crippen LogP contribution in [0.4, 0.5) is 11.6 Å². The maximum absolute atomic E-state index is 12.3. The molecule has 0 saturated carbocycles. The van der Waals surface area contributed by atoms with Gasteiger partial charge in [0.25, 0.3) is 5.91 Å². The highest BCUT2D eigenvalue weighted by Gasteiger charge is 2.09. The molecule has 7 nitrogen and oxygen atoms in total. The molecule has 0 aliphatic heterocycles. The summed E-state index contributed by atoms with van der Waals surface area (Å²) >= 11 is 5.84. The van der Waals surface area contributed by atoms with Crippen molar-refractivity contribution in [1.29, 1.82) is 0 Å². The van der Waals surface area contributed by atoms with Gasteiger partial charge in [0.2, 0.25) is 5.95 Å². The molecule has 1 amide bonds. The van der Waals surface area contributed by atoms with Gasteiger partial charge < -0.3 is 20.1 Å². The summed E-state index contributed by atoms with van der Waals surface area (Å²) in [5.74, 6) is 1.52. The van der Waals surface area contributed by atoms with E-state index in [0.29, 0.717) is 29.8 Å². The van der Waals surface area contributed by atoms with Crippen LogP contribution in [0, 0.1) is 0 Å². The zero-order chi connectivity index (χ0) is 19.8. The van der Waals surface area contributed by atoms with Gasteiger partial charge in [0.05, 0.1) is 13.7 Å². The van der Waals surface area contributed by atoms with E-state index in [9.17, 15) is 4.79 Å². The second-order valence-electron chi connectivity index (χ2n) is 5.68. The van der Waals surface area contributed by atoms with Crippen LogP contribution in [0.15, 0.2) is 60.8 Å². The summed E-state index contributed by atoms with van der Waals surface area (Å²) in [5, 5.41) is 6.40. The first-order valence-electron chi connectivity index (χ1n) is 8.55. The Morgan fingerprint density at radius 3 is 2.46 bits per heavy atom. The van der Waals surface area contributed by atoms with Crippen molar-refractivity contribution < 1.29 is 14.3 Å². The molecule has 3 aromatic rings. The lowest BCUT2D eigenvalue weighted by Crippen LogP contribution is -2.17. The summed E-state index contributed by atoms with van der Waals surface area (Å²) in [6.07, 6.45) is 1.52. The van der Waals surface area contributed by atoms with Crippen molar-refractivity contribution in [3.05, 3.63) is 71.5 Å². The predicted molar refractivity (Wildman–Crippen MR) is 108 cm³/mol. The van der Waals surface area contributed by atoms with E-state index in [2.05, 4.69) is 20.6 Å². The molecule has 144 valence electrons. The maximum atomic E-state index is 12.3. The third-order valence-electron chi connectivity index (χ3n) is 3.70. The van der Waals surface area contributed by atoms with Crippen LogP contribution in [0.2, 0.25) is 5.02 Å². The number of rotatable bonds is 8. The quantitative estimate of drug-likeness (QED) is 0.560. The van der Waals surface area contributed by atoms with Crippen LogP contribution in [-0.2, 0) is 0 Å². The molecule has 0 bridgehead atoms. The smallest absolute Gasteiger partial charge is 0.274 e. The average Bonchev–Trinajstić information content (AvgIpc) is 2.73. The van der Waals surface area contributed by atoms with Gasteiger partial charge in [-0.3, -0.25) is 4.79 Å². The van der Waals surface area contributed by atoms with Crippen molar-refractivity contribution in [2.45, 2.75) is 0 Å². The van der Waals surface area contributed by atoms with E-state index in [0.717, 1.165) is 11.5 Å². The minimum Gasteiger partial charge on any atom is -0.497 e. The molecule has 2 aromatic carbocycles. The number of hydrogen-bond donors (Lipinski definition) is 2. The lowest BCUT2D eigenvalue weighted by atomic mass is 10.3. The lowest BCUT2D eigenvalue weighted by Gasteiger charge is -2.09. The summed E-state index contributed by atoms with van der Waals surface area (Å²) in [7, 11) is 1.61. The number of ether oxygens (including phenoxy) is 2. The third kappa shape index (κ3) is 5.59. The molecule has 0 spiro atoms. The lowest BCUT2D eigenvalue weighted by molar-refractivity contribution is 0.102. The summed E-state index contributed by atoms with van der Waals surface area (Å²) in [6.45, 7) is 0.894. The summed E-state index contributed by atoms with van der Waals surface area (Å²) in [5.41, 5.74) is 0.888. The van der Waals surface area contributed by atoms with Gasteiger partial charge in [0.15, 0.2) is 0 Å². The number of methoxy groups -OCH3 is 1. The first-order chi connectivity index (χ1) is 13.6. The van der Waals surface area contributed by atoms with Crippen molar-refractivity contribution in [2.75, 3.05) is 30.9 Å². The van der Waals surface area contributed by atoms with Gasteiger partial charge in [0.1, 0.15) is 23.8 Å². The number of carbonyl (C=O) groups excluding carboxylic acids is 1. The van der Waals surface area contributed by atoms with Crippen molar-refractivity contribution in [3.8, 4) is 11.5 Å². The molecule has 1 aromatic heterocycles. The topological polar surface area (TPSA) is 85.4 Å². The molecule has 3 rings (SSSR count). The molecular weight excluding hydrogens is 380 g/mol. The molecule has 28 heavy (non-hydrogen) atoms. The Morgan fingerprint density at radius 2 is 1.75 bits per heavy atom. The molecule has 0 aliphatic rings. The van der Waals surface area contributed by atoms with Crippen LogP contribution in [-0.4, -0.2) is 36.1 Å². The van der Waals surface area contributed by atoms with Crippen molar-refractivity contribution in [2.24, 2.45) is 0 Å². The molecule has 2 N–H and O–H groups in total. The van der Waals surface area contributed by atoms with Crippen LogP contribution in [0.1, 0.15) is 10.5 Å². The number of amides is 1. The van der Waals surface area contributed by atoms with Crippen LogP contribution in [0.5, 0.6) is 11.5 Å². The summed E-state index contributed by atoms with van der Waals surface area (Å²) < 4.78 is 10.7. The zero-order valence-electron chi connectivity index (χ0n) is 15.2. The Kier molecular flexibility index (Phi) is 6.64. The third-order valence-corrected chi connectivity index (χ3v) is 3.96. The number of hydrogen-bond acceptors (Lipinski definition) is 6. The molecule has 0 fully saturated rings. The largest absolute Gasteiger partial charge is 0.497 e. The second kappa shape index (κ2) is 9.57. The highest BCUT2D eigenvalue weighted by Crippen LogP contribution is 2.17. The Morgan fingerprint density at radius 1 is 1.04 bits per heavy atom. The zero-order valence-corrected chi connectivity index (χ0v) is 15.9. The number of nitrogens with one attached hydrogen (secondary N) is 2. The van der Waals surface area contributed by atoms with Crippen LogP contribution in [0.25, 0.3) is 0 Å². The van der Waals surface area contributed by atoms with E-state index >= 15 is 0 Å². The van der Waals surface area contributed by atoms with E-state index < -0.39 is 0 Å². The second-order valence-corrected chi connectivity index (χ2v) is 6.11. The number of carbonyl (C=O) groups is 1. The fourth-order valence-electron chi connectivity index (χ4n) is 2.30. The maximum Gasteiger partial charge on any atom is 0.274 e. The minimum atomic E-state index is -0.331. The number of benzene rings is 2. The van der Waals surface area contributed by atoms with E-state index in [4.69, 9.17) is 21.1 Å². The van der Waals surface area contributed by atoms with Gasteiger partial charge in [-0.25, -0.2) is 9.97 Å². The molecule has 0 atom stereocenters. The van der Waals surface area contributed by atoms with Crippen LogP contribution < -0.4 is 20.1 Å². The monoisotopic (exact) mass is 398 g/mol. The van der Waals surface area contributed by atoms with Crippen molar-refractivity contribution in [1.82, 2.24) is 9.97 Å². The number of aromatic nitrogens is 2. The number of anilines is 2. The van der Waals surface area contributed by atoms with E-state index in [1.807, 2.05) is 24.3 Å². The molecule has 1 heterocycles. The van der Waals surface area contributed by atoms with Gasteiger partial charge in [0, 0.05) is 16.9 Å². The summed E-state index contributed by atoms with van der Waals surface area (Å²) in [6, 6.07) is 15.7.